The molecular weight excluding hydrogens is 320 g/mol. The molecule has 0 spiro atoms. The molecule has 0 radical (unpaired) electrons. The number of hydrogen-bond donors (Lipinski definition) is 3. The van der Waals surface area contributed by atoms with E-state index in [0.717, 1.165) is 18.4 Å². The van der Waals surface area contributed by atoms with Crippen molar-refractivity contribution in [2.75, 3.05) is 6.54 Å². The van der Waals surface area contributed by atoms with Crippen molar-refractivity contribution in [2.45, 2.75) is 37.8 Å². The van der Waals surface area contributed by atoms with Crippen LogP contribution < -0.4 is 10.6 Å². The number of urea groups is 1. The minimum Gasteiger partial charge on any atom is -0.481 e. The first-order valence-electron chi connectivity index (χ1n) is 8.46. The Balaban J connectivity index is 1.70. The maximum absolute atomic E-state index is 12.3. The molecule has 1 aromatic heterocycles. The summed E-state index contributed by atoms with van der Waals surface area (Å²) in [5.74, 6) is -0.858. The van der Waals surface area contributed by atoms with Gasteiger partial charge in [-0.05, 0) is 30.4 Å². The van der Waals surface area contributed by atoms with Crippen LogP contribution in [0.5, 0.6) is 0 Å². The van der Waals surface area contributed by atoms with Crippen LogP contribution in [0.3, 0.4) is 0 Å². The van der Waals surface area contributed by atoms with Crippen LogP contribution in [0.15, 0.2) is 43.0 Å². The van der Waals surface area contributed by atoms with E-state index in [1.54, 1.807) is 12.5 Å². The monoisotopic (exact) mass is 342 g/mol. The molecular formula is C18H22N4O3. The van der Waals surface area contributed by atoms with Gasteiger partial charge >= 0.3 is 12.0 Å². The number of amides is 2. The average molecular weight is 342 g/mol. The van der Waals surface area contributed by atoms with Crippen molar-refractivity contribution < 1.29 is 14.7 Å². The second kappa shape index (κ2) is 7.83. The lowest BCUT2D eigenvalue weighted by Gasteiger charge is -2.35. The number of fused-ring (bicyclic) bond motifs is 1. The lowest BCUT2D eigenvalue weighted by molar-refractivity contribution is -0.137. The molecule has 0 fully saturated rings. The summed E-state index contributed by atoms with van der Waals surface area (Å²) in [4.78, 5) is 26.9. The Morgan fingerprint density at radius 2 is 2.16 bits per heavy atom. The lowest BCUT2D eigenvalue weighted by Crippen LogP contribution is -2.43. The average Bonchev–Trinajstić information content (AvgIpc) is 3.13. The maximum Gasteiger partial charge on any atom is 0.315 e. The van der Waals surface area contributed by atoms with Crippen LogP contribution in [0.25, 0.3) is 0 Å². The third-order valence-corrected chi connectivity index (χ3v) is 4.53. The number of carboxylic acids is 1. The molecule has 0 aliphatic heterocycles. The van der Waals surface area contributed by atoms with Gasteiger partial charge in [-0.1, -0.05) is 24.3 Å². The van der Waals surface area contributed by atoms with E-state index in [1.165, 1.54) is 5.56 Å². The van der Waals surface area contributed by atoms with E-state index in [9.17, 15) is 9.59 Å². The van der Waals surface area contributed by atoms with Gasteiger partial charge in [0, 0.05) is 25.4 Å². The Morgan fingerprint density at radius 3 is 2.92 bits per heavy atom. The summed E-state index contributed by atoms with van der Waals surface area (Å²) < 4.78 is 2.03. The molecule has 132 valence electrons. The molecule has 2 unspecified atom stereocenters. The quantitative estimate of drug-likeness (QED) is 0.702. The summed E-state index contributed by atoms with van der Waals surface area (Å²) in [7, 11) is 0. The topological polar surface area (TPSA) is 96.3 Å². The second-order valence-electron chi connectivity index (χ2n) is 6.19. The van der Waals surface area contributed by atoms with Crippen LogP contribution in [0, 0.1) is 0 Å². The Bertz CT molecular complexity index is 730. The Morgan fingerprint density at radius 1 is 1.32 bits per heavy atom. The van der Waals surface area contributed by atoms with E-state index < -0.39 is 5.97 Å². The number of imidazole rings is 1. The predicted molar refractivity (Wildman–Crippen MR) is 92.2 cm³/mol. The van der Waals surface area contributed by atoms with Crippen LogP contribution in [0.2, 0.25) is 0 Å². The van der Waals surface area contributed by atoms with Gasteiger partial charge in [-0.25, -0.2) is 9.78 Å². The number of rotatable bonds is 6. The maximum atomic E-state index is 12.3. The van der Waals surface area contributed by atoms with Crippen LogP contribution in [-0.4, -0.2) is 33.2 Å². The number of nitrogens with zero attached hydrogens (tertiary/aromatic N) is 2. The molecule has 3 rings (SSSR count). The summed E-state index contributed by atoms with van der Waals surface area (Å²) in [6.45, 7) is 0.336. The van der Waals surface area contributed by atoms with Gasteiger partial charge < -0.3 is 20.3 Å². The fraction of sp³-hybridized carbons (Fsp3) is 0.389. The third-order valence-electron chi connectivity index (χ3n) is 4.53. The summed E-state index contributed by atoms with van der Waals surface area (Å²) in [6.07, 6.45) is 7.76. The normalized spacial score (nSPS) is 19.0. The molecule has 1 heterocycles. The predicted octanol–water partition coefficient (Wildman–Crippen LogP) is 2.28. The highest BCUT2D eigenvalue weighted by Gasteiger charge is 2.31. The molecule has 7 nitrogen and oxygen atoms in total. The van der Waals surface area contributed by atoms with Crippen molar-refractivity contribution in [3.8, 4) is 0 Å². The number of carbonyl (C=O) groups is 2. The molecule has 7 heteroatoms. The molecule has 1 aromatic carbocycles. The smallest absolute Gasteiger partial charge is 0.315 e. The van der Waals surface area contributed by atoms with Crippen LogP contribution in [0.4, 0.5) is 4.79 Å². The Labute approximate surface area is 146 Å². The van der Waals surface area contributed by atoms with Gasteiger partial charge in [-0.2, -0.15) is 0 Å². The van der Waals surface area contributed by atoms with Crippen LogP contribution in [0.1, 0.15) is 42.5 Å². The Hall–Kier alpha value is -2.83. The minimum absolute atomic E-state index is 0.0458. The van der Waals surface area contributed by atoms with E-state index in [2.05, 4.69) is 21.7 Å². The first-order chi connectivity index (χ1) is 12.1. The van der Waals surface area contributed by atoms with Crippen molar-refractivity contribution in [3.63, 3.8) is 0 Å². The standard InChI is InChI=1S/C18H22N4O3/c23-16(24)6-3-9-20-18(25)21-17-14-5-2-1-4-13(14)7-8-15(17)22-11-10-19-12-22/h1-2,4-5,10-12,15,17H,3,6-9H2,(H,23,24)(H2,20,21,25). The summed E-state index contributed by atoms with van der Waals surface area (Å²) in [5.41, 5.74) is 2.36. The van der Waals surface area contributed by atoms with Crippen LogP contribution >= 0.6 is 0 Å². The minimum atomic E-state index is -0.858. The zero-order valence-corrected chi connectivity index (χ0v) is 13.9. The van der Waals surface area contributed by atoms with Crippen molar-refractivity contribution in [1.29, 1.82) is 0 Å². The third kappa shape index (κ3) is 4.17. The molecule has 0 saturated heterocycles. The lowest BCUT2D eigenvalue weighted by atomic mass is 9.84. The van der Waals surface area contributed by atoms with Crippen molar-refractivity contribution in [3.05, 3.63) is 54.1 Å². The zero-order valence-electron chi connectivity index (χ0n) is 13.9. The molecule has 3 N–H and O–H groups in total. The van der Waals surface area contributed by atoms with Gasteiger partial charge in [-0.15, -0.1) is 0 Å². The Kier molecular flexibility index (Phi) is 5.33. The van der Waals surface area contributed by atoms with Gasteiger partial charge in [0.05, 0.1) is 18.4 Å². The van der Waals surface area contributed by atoms with Gasteiger partial charge in [0.1, 0.15) is 0 Å². The molecule has 2 atom stereocenters. The highest BCUT2D eigenvalue weighted by Crippen LogP contribution is 2.37. The summed E-state index contributed by atoms with van der Waals surface area (Å²) in [6, 6.07) is 7.80. The molecule has 0 saturated carbocycles. The van der Waals surface area contributed by atoms with E-state index >= 15 is 0 Å². The van der Waals surface area contributed by atoms with Crippen molar-refractivity contribution >= 4 is 12.0 Å². The van der Waals surface area contributed by atoms with Gasteiger partial charge in [0.25, 0.3) is 0 Å². The van der Waals surface area contributed by atoms with Crippen molar-refractivity contribution in [1.82, 2.24) is 20.2 Å². The molecule has 1 aliphatic rings. The van der Waals surface area contributed by atoms with E-state index in [4.69, 9.17) is 5.11 Å². The first-order valence-corrected chi connectivity index (χ1v) is 8.46. The number of nitrogens with one attached hydrogen (secondary N) is 2. The zero-order chi connectivity index (χ0) is 17.6. The number of hydrogen-bond acceptors (Lipinski definition) is 3. The van der Waals surface area contributed by atoms with E-state index in [0.29, 0.717) is 13.0 Å². The molecule has 2 aromatic rings. The van der Waals surface area contributed by atoms with E-state index in [1.807, 2.05) is 29.0 Å². The SMILES string of the molecule is O=C(O)CCCNC(=O)NC1c2ccccc2CCC1n1ccnc1. The second-order valence-corrected chi connectivity index (χ2v) is 6.19. The highest BCUT2D eigenvalue weighted by molar-refractivity contribution is 5.74. The number of carboxylic acid groups (broad SMARTS) is 1. The van der Waals surface area contributed by atoms with E-state index in [-0.39, 0.29) is 24.5 Å². The summed E-state index contributed by atoms with van der Waals surface area (Å²) in [5, 5.41) is 14.5. The number of aryl methyl sites for hydroxylation is 1. The summed E-state index contributed by atoms with van der Waals surface area (Å²) >= 11 is 0. The molecule has 25 heavy (non-hydrogen) atoms. The van der Waals surface area contributed by atoms with Crippen molar-refractivity contribution in [2.24, 2.45) is 0 Å². The number of aromatic nitrogens is 2. The fourth-order valence-electron chi connectivity index (χ4n) is 3.34. The van der Waals surface area contributed by atoms with Crippen LogP contribution in [-0.2, 0) is 11.2 Å². The fourth-order valence-corrected chi connectivity index (χ4v) is 3.34. The number of aliphatic carboxylic acids is 1. The van der Waals surface area contributed by atoms with Gasteiger partial charge in [-0.3, -0.25) is 4.79 Å². The molecule has 0 bridgehead atoms. The molecule has 2 amide bonds. The molecule has 1 aliphatic carbocycles. The van der Waals surface area contributed by atoms with Gasteiger partial charge in [0.2, 0.25) is 0 Å². The number of carbonyl (C=O) groups excluding carboxylic acids is 1. The first kappa shape index (κ1) is 17.0. The van der Waals surface area contributed by atoms with Gasteiger partial charge in [0.15, 0.2) is 0 Å². The highest BCUT2D eigenvalue weighted by atomic mass is 16.4. The number of benzene rings is 1. The largest absolute Gasteiger partial charge is 0.481 e.